The molecule has 1 aromatic rings. The topological polar surface area (TPSA) is 40.5 Å². The number of hydrogen-bond acceptors (Lipinski definition) is 2. The van der Waals surface area contributed by atoms with E-state index >= 15 is 0 Å². The molecule has 2 N–H and O–H groups in total. The van der Waals surface area contributed by atoms with Crippen molar-refractivity contribution in [3.05, 3.63) is 34.4 Å². The highest BCUT2D eigenvalue weighted by Gasteiger charge is 2.26. The van der Waals surface area contributed by atoms with E-state index in [1.54, 1.807) is 0 Å². The molecule has 0 saturated carbocycles. The SMILES string of the molecule is CCCCCCCCc1cc(O)c(CC2=C(C)CC(C)(C)CC2)c(O)c1. The van der Waals surface area contributed by atoms with Crippen LogP contribution in [0.4, 0.5) is 0 Å². The first kappa shape index (κ1) is 20.9. The van der Waals surface area contributed by atoms with Gasteiger partial charge in [-0.1, -0.05) is 64.0 Å². The molecule has 0 spiro atoms. The third kappa shape index (κ3) is 6.07. The molecule has 0 aromatic heterocycles. The summed E-state index contributed by atoms with van der Waals surface area (Å²) in [4.78, 5) is 0. The second kappa shape index (κ2) is 9.48. The van der Waals surface area contributed by atoms with Gasteiger partial charge < -0.3 is 10.2 Å². The average molecular weight is 359 g/mol. The summed E-state index contributed by atoms with van der Waals surface area (Å²) in [6, 6.07) is 3.73. The maximum Gasteiger partial charge on any atom is 0.123 e. The number of aryl methyl sites for hydroxylation is 1. The van der Waals surface area contributed by atoms with E-state index in [2.05, 4.69) is 27.7 Å². The fourth-order valence-electron chi connectivity index (χ4n) is 4.22. The van der Waals surface area contributed by atoms with Crippen molar-refractivity contribution in [2.45, 2.75) is 98.3 Å². The van der Waals surface area contributed by atoms with E-state index in [1.165, 1.54) is 49.7 Å². The van der Waals surface area contributed by atoms with Gasteiger partial charge in [0.2, 0.25) is 0 Å². The zero-order chi connectivity index (χ0) is 19.2. The molecule has 146 valence electrons. The van der Waals surface area contributed by atoms with Gasteiger partial charge in [-0.15, -0.1) is 0 Å². The van der Waals surface area contributed by atoms with Crippen molar-refractivity contribution in [1.29, 1.82) is 0 Å². The molecule has 0 aliphatic heterocycles. The van der Waals surface area contributed by atoms with Crippen LogP contribution in [0.2, 0.25) is 0 Å². The molecule has 0 heterocycles. The normalized spacial score (nSPS) is 16.9. The van der Waals surface area contributed by atoms with E-state index in [1.807, 2.05) is 12.1 Å². The third-order valence-corrected chi connectivity index (χ3v) is 5.92. The lowest BCUT2D eigenvalue weighted by atomic mass is 9.73. The molecule has 1 aromatic carbocycles. The Morgan fingerprint density at radius 3 is 2.19 bits per heavy atom. The predicted octanol–water partition coefficient (Wildman–Crippen LogP) is 7.07. The van der Waals surface area contributed by atoms with E-state index in [-0.39, 0.29) is 11.5 Å². The molecule has 0 radical (unpaired) electrons. The van der Waals surface area contributed by atoms with Crippen molar-refractivity contribution >= 4 is 0 Å². The Hall–Kier alpha value is -1.44. The van der Waals surface area contributed by atoms with Crippen LogP contribution >= 0.6 is 0 Å². The van der Waals surface area contributed by atoms with Gasteiger partial charge in [-0.2, -0.15) is 0 Å². The van der Waals surface area contributed by atoms with Crippen LogP contribution in [0.15, 0.2) is 23.3 Å². The minimum Gasteiger partial charge on any atom is -0.508 e. The van der Waals surface area contributed by atoms with Crippen molar-refractivity contribution < 1.29 is 10.2 Å². The second-order valence-electron chi connectivity index (χ2n) is 9.03. The monoisotopic (exact) mass is 358 g/mol. The van der Waals surface area contributed by atoms with Gasteiger partial charge in [-0.25, -0.2) is 0 Å². The number of phenolic OH excluding ortho intramolecular Hbond substituents is 2. The summed E-state index contributed by atoms with van der Waals surface area (Å²) in [6.07, 6.45) is 12.5. The Balaban J connectivity index is 1.97. The fraction of sp³-hybridized carbons (Fsp3) is 0.667. The van der Waals surface area contributed by atoms with E-state index in [4.69, 9.17) is 0 Å². The summed E-state index contributed by atoms with van der Waals surface area (Å²) >= 11 is 0. The lowest BCUT2D eigenvalue weighted by Crippen LogP contribution is -2.18. The van der Waals surface area contributed by atoms with Gasteiger partial charge in [0, 0.05) is 12.0 Å². The maximum atomic E-state index is 10.5. The number of allylic oxidation sites excluding steroid dienone is 2. The van der Waals surface area contributed by atoms with Gasteiger partial charge >= 0.3 is 0 Å². The first-order valence-electron chi connectivity index (χ1n) is 10.5. The lowest BCUT2D eigenvalue weighted by Gasteiger charge is -2.32. The van der Waals surface area contributed by atoms with Gasteiger partial charge in [0.25, 0.3) is 0 Å². The molecule has 1 aliphatic rings. The highest BCUT2D eigenvalue weighted by Crippen LogP contribution is 2.41. The lowest BCUT2D eigenvalue weighted by molar-refractivity contribution is 0.311. The molecule has 2 rings (SSSR count). The predicted molar refractivity (Wildman–Crippen MR) is 111 cm³/mol. The molecule has 1 aliphatic carbocycles. The fourth-order valence-corrected chi connectivity index (χ4v) is 4.22. The van der Waals surface area contributed by atoms with Crippen molar-refractivity contribution in [3.63, 3.8) is 0 Å². The number of phenols is 2. The van der Waals surface area contributed by atoms with Gasteiger partial charge in [-0.3, -0.25) is 0 Å². The number of hydrogen-bond donors (Lipinski definition) is 2. The summed E-state index contributed by atoms with van der Waals surface area (Å²) in [5, 5.41) is 21.0. The van der Waals surface area contributed by atoms with Crippen LogP contribution in [0.25, 0.3) is 0 Å². The molecular formula is C24H38O2. The van der Waals surface area contributed by atoms with Gasteiger partial charge in [-0.05, 0) is 62.1 Å². The van der Waals surface area contributed by atoms with Crippen molar-refractivity contribution in [2.24, 2.45) is 5.41 Å². The highest BCUT2D eigenvalue weighted by molar-refractivity contribution is 5.49. The van der Waals surface area contributed by atoms with Crippen LogP contribution in [-0.2, 0) is 12.8 Å². The Bertz CT molecular complexity index is 602. The third-order valence-electron chi connectivity index (χ3n) is 5.92. The number of aromatic hydroxyl groups is 2. The number of rotatable bonds is 9. The standard InChI is InChI=1S/C24H38O2/c1-5-6-7-8-9-10-11-19-14-22(25)21(23(26)15-19)16-20-12-13-24(3,4)17-18(20)2/h14-15,25-26H,5-13,16-17H2,1-4H3. The quantitative estimate of drug-likeness (QED) is 0.366. The first-order valence-corrected chi connectivity index (χ1v) is 10.5. The number of benzene rings is 1. The van der Waals surface area contributed by atoms with Crippen LogP contribution in [0.5, 0.6) is 11.5 Å². The number of unbranched alkanes of at least 4 members (excludes halogenated alkanes) is 5. The van der Waals surface area contributed by atoms with E-state index in [9.17, 15) is 10.2 Å². The van der Waals surface area contributed by atoms with Crippen LogP contribution in [0.1, 0.15) is 96.6 Å². The summed E-state index contributed by atoms with van der Waals surface area (Å²) < 4.78 is 0. The van der Waals surface area contributed by atoms with Gasteiger partial charge in [0.15, 0.2) is 0 Å². The summed E-state index contributed by atoms with van der Waals surface area (Å²) in [5.41, 5.74) is 4.94. The molecule has 0 bridgehead atoms. The molecule has 0 fully saturated rings. The molecular weight excluding hydrogens is 320 g/mol. The highest BCUT2D eigenvalue weighted by atomic mass is 16.3. The first-order chi connectivity index (χ1) is 12.3. The molecule has 0 saturated heterocycles. The Labute approximate surface area is 160 Å². The molecule has 0 amide bonds. The molecule has 26 heavy (non-hydrogen) atoms. The summed E-state index contributed by atoms with van der Waals surface area (Å²) in [7, 11) is 0. The van der Waals surface area contributed by atoms with Crippen LogP contribution < -0.4 is 0 Å². The smallest absolute Gasteiger partial charge is 0.123 e. The molecule has 2 nitrogen and oxygen atoms in total. The zero-order valence-electron chi connectivity index (χ0n) is 17.3. The van der Waals surface area contributed by atoms with E-state index < -0.39 is 0 Å². The van der Waals surface area contributed by atoms with Crippen molar-refractivity contribution in [3.8, 4) is 11.5 Å². The largest absolute Gasteiger partial charge is 0.508 e. The minimum absolute atomic E-state index is 0.260. The van der Waals surface area contributed by atoms with Crippen molar-refractivity contribution in [1.82, 2.24) is 0 Å². The average Bonchev–Trinajstić information content (AvgIpc) is 2.55. The Morgan fingerprint density at radius 2 is 1.58 bits per heavy atom. The Kier molecular flexibility index (Phi) is 7.61. The second-order valence-corrected chi connectivity index (χ2v) is 9.03. The summed E-state index contributed by atoms with van der Waals surface area (Å²) in [5.74, 6) is 0.521. The molecule has 0 atom stereocenters. The minimum atomic E-state index is 0.260. The van der Waals surface area contributed by atoms with Crippen molar-refractivity contribution in [2.75, 3.05) is 0 Å². The van der Waals surface area contributed by atoms with Crippen LogP contribution in [0, 0.1) is 5.41 Å². The molecule has 0 unspecified atom stereocenters. The zero-order valence-corrected chi connectivity index (χ0v) is 17.3. The Morgan fingerprint density at radius 1 is 0.962 bits per heavy atom. The van der Waals surface area contributed by atoms with E-state index in [0.29, 0.717) is 17.4 Å². The maximum absolute atomic E-state index is 10.5. The van der Waals surface area contributed by atoms with Crippen LogP contribution in [0.3, 0.4) is 0 Å². The van der Waals surface area contributed by atoms with Gasteiger partial charge in [0.1, 0.15) is 11.5 Å². The molecule has 2 heteroatoms. The van der Waals surface area contributed by atoms with Crippen LogP contribution in [-0.4, -0.2) is 10.2 Å². The van der Waals surface area contributed by atoms with Gasteiger partial charge in [0.05, 0.1) is 0 Å². The summed E-state index contributed by atoms with van der Waals surface area (Å²) in [6.45, 7) is 9.08. The van der Waals surface area contributed by atoms with E-state index in [0.717, 1.165) is 31.2 Å².